The first kappa shape index (κ1) is 18.3. The van der Waals surface area contributed by atoms with Crippen LogP contribution in [0.15, 0.2) is 24.3 Å². The molecule has 0 spiro atoms. The fourth-order valence-electron chi connectivity index (χ4n) is 3.79. The van der Waals surface area contributed by atoms with Crippen molar-refractivity contribution in [3.63, 3.8) is 0 Å². The van der Waals surface area contributed by atoms with Gasteiger partial charge in [-0.05, 0) is 30.9 Å². The number of benzene rings is 1. The summed E-state index contributed by atoms with van der Waals surface area (Å²) in [5.74, 6) is -0.166. The zero-order valence-electron chi connectivity index (χ0n) is 14.7. The number of morpholine rings is 1. The van der Waals surface area contributed by atoms with Crippen molar-refractivity contribution in [1.82, 2.24) is 9.80 Å². The highest BCUT2D eigenvalue weighted by atomic mass is 19.1. The van der Waals surface area contributed by atoms with Gasteiger partial charge in [-0.1, -0.05) is 18.2 Å². The van der Waals surface area contributed by atoms with Gasteiger partial charge in [0.2, 0.25) is 5.91 Å². The van der Waals surface area contributed by atoms with Crippen LogP contribution in [0.5, 0.6) is 0 Å². The summed E-state index contributed by atoms with van der Waals surface area (Å²) in [6.07, 6.45) is 2.68. The van der Waals surface area contributed by atoms with Gasteiger partial charge >= 0.3 is 0 Å². The molecule has 1 aromatic carbocycles. The largest absolute Gasteiger partial charge is 0.379 e. The molecule has 138 valence electrons. The van der Waals surface area contributed by atoms with Crippen LogP contribution in [0.2, 0.25) is 0 Å². The maximum Gasteiger partial charge on any atom is 0.224 e. The van der Waals surface area contributed by atoms with Gasteiger partial charge in [0.05, 0.1) is 13.2 Å². The molecule has 1 aromatic rings. The molecule has 25 heavy (non-hydrogen) atoms. The molecule has 2 aliphatic rings. The summed E-state index contributed by atoms with van der Waals surface area (Å²) in [6, 6.07) is 6.83. The van der Waals surface area contributed by atoms with Crippen LogP contribution in [0.4, 0.5) is 4.39 Å². The highest BCUT2D eigenvalue weighted by molar-refractivity contribution is 5.77. The fourth-order valence-corrected chi connectivity index (χ4v) is 3.79. The Hall–Kier alpha value is -1.50. The first-order valence-corrected chi connectivity index (χ1v) is 9.22. The van der Waals surface area contributed by atoms with E-state index in [-0.39, 0.29) is 24.2 Å². The summed E-state index contributed by atoms with van der Waals surface area (Å²) < 4.78 is 19.1. The van der Waals surface area contributed by atoms with Crippen molar-refractivity contribution in [1.29, 1.82) is 0 Å². The average Bonchev–Trinajstić information content (AvgIpc) is 2.64. The zero-order valence-corrected chi connectivity index (χ0v) is 14.7. The molecular weight excluding hydrogens is 321 g/mol. The van der Waals surface area contributed by atoms with Crippen molar-refractivity contribution in [2.24, 2.45) is 5.73 Å². The van der Waals surface area contributed by atoms with Crippen LogP contribution in [0.1, 0.15) is 24.8 Å². The number of piperidine rings is 1. The number of carbonyl (C=O) groups is 1. The number of halogens is 1. The Bertz CT molecular complexity index is 570. The van der Waals surface area contributed by atoms with Gasteiger partial charge in [-0.15, -0.1) is 0 Å². The quantitative estimate of drug-likeness (QED) is 0.873. The molecule has 6 heteroatoms. The molecule has 2 aliphatic heterocycles. The van der Waals surface area contributed by atoms with E-state index in [0.717, 1.165) is 52.2 Å². The molecule has 1 amide bonds. The van der Waals surface area contributed by atoms with Crippen LogP contribution < -0.4 is 5.73 Å². The van der Waals surface area contributed by atoms with E-state index in [9.17, 15) is 9.18 Å². The highest BCUT2D eigenvalue weighted by Gasteiger charge is 2.28. The van der Waals surface area contributed by atoms with Gasteiger partial charge in [-0.3, -0.25) is 9.69 Å². The highest BCUT2D eigenvalue weighted by Crippen LogP contribution is 2.19. The second-order valence-electron chi connectivity index (χ2n) is 7.02. The van der Waals surface area contributed by atoms with E-state index in [1.54, 1.807) is 18.2 Å². The van der Waals surface area contributed by atoms with Crippen LogP contribution >= 0.6 is 0 Å². The summed E-state index contributed by atoms with van der Waals surface area (Å²) in [5, 5.41) is 0. The molecule has 0 aromatic heterocycles. The Morgan fingerprint density at radius 3 is 2.56 bits per heavy atom. The normalized spacial score (nSPS) is 21.3. The maximum atomic E-state index is 13.7. The lowest BCUT2D eigenvalue weighted by molar-refractivity contribution is -0.133. The molecule has 2 heterocycles. The fraction of sp³-hybridized carbons (Fsp3) is 0.632. The molecule has 2 N–H and O–H groups in total. The molecule has 0 saturated carbocycles. The Balaban J connectivity index is 1.43. The number of nitrogens with zero attached hydrogens (tertiary/aromatic N) is 2. The van der Waals surface area contributed by atoms with Gasteiger partial charge in [0, 0.05) is 44.7 Å². The van der Waals surface area contributed by atoms with E-state index in [1.807, 2.05) is 4.90 Å². The predicted octanol–water partition coefficient (Wildman–Crippen LogP) is 1.41. The number of hydrogen-bond acceptors (Lipinski definition) is 4. The summed E-state index contributed by atoms with van der Waals surface area (Å²) in [7, 11) is 0. The van der Waals surface area contributed by atoms with Crippen LogP contribution in [-0.4, -0.2) is 67.2 Å². The Kier molecular flexibility index (Phi) is 6.39. The zero-order chi connectivity index (χ0) is 17.6. The van der Waals surface area contributed by atoms with E-state index >= 15 is 0 Å². The van der Waals surface area contributed by atoms with Crippen molar-refractivity contribution in [3.8, 4) is 0 Å². The molecule has 0 aliphatic carbocycles. The van der Waals surface area contributed by atoms with Gasteiger partial charge in [0.25, 0.3) is 0 Å². The lowest BCUT2D eigenvalue weighted by Gasteiger charge is -2.40. The Morgan fingerprint density at radius 1 is 1.20 bits per heavy atom. The summed E-state index contributed by atoms with van der Waals surface area (Å²) in [6.45, 7) is 5.17. The van der Waals surface area contributed by atoms with Crippen LogP contribution in [0, 0.1) is 5.82 Å². The van der Waals surface area contributed by atoms with Crippen molar-refractivity contribution >= 4 is 5.91 Å². The smallest absolute Gasteiger partial charge is 0.224 e. The third-order valence-corrected chi connectivity index (χ3v) is 5.26. The van der Waals surface area contributed by atoms with Crippen molar-refractivity contribution in [2.75, 3.05) is 39.4 Å². The number of carbonyl (C=O) groups excluding carboxylic acids is 1. The SMILES string of the molecule is N[C@@H](CC(=O)N1CCC(N2CCOCC2)CC1)Cc1ccccc1F. The average molecular weight is 349 g/mol. The minimum Gasteiger partial charge on any atom is -0.379 e. The van der Waals surface area contributed by atoms with Gasteiger partial charge < -0.3 is 15.4 Å². The van der Waals surface area contributed by atoms with Crippen LogP contribution in [0.3, 0.4) is 0 Å². The van der Waals surface area contributed by atoms with Crippen molar-refractivity contribution < 1.29 is 13.9 Å². The van der Waals surface area contributed by atoms with E-state index in [4.69, 9.17) is 10.5 Å². The number of amides is 1. The molecule has 2 saturated heterocycles. The number of nitrogens with two attached hydrogens (primary N) is 1. The molecule has 5 nitrogen and oxygen atoms in total. The third-order valence-electron chi connectivity index (χ3n) is 5.26. The van der Waals surface area contributed by atoms with Gasteiger partial charge in [-0.2, -0.15) is 0 Å². The Morgan fingerprint density at radius 2 is 1.88 bits per heavy atom. The van der Waals surface area contributed by atoms with E-state index in [2.05, 4.69) is 4.90 Å². The summed E-state index contributed by atoms with van der Waals surface area (Å²) in [5.41, 5.74) is 6.67. The first-order valence-electron chi connectivity index (χ1n) is 9.22. The molecular formula is C19H28FN3O2. The van der Waals surface area contributed by atoms with E-state index in [1.165, 1.54) is 6.07 Å². The van der Waals surface area contributed by atoms with Crippen LogP contribution in [0.25, 0.3) is 0 Å². The molecule has 0 bridgehead atoms. The first-order chi connectivity index (χ1) is 12.1. The number of likely N-dealkylation sites (tertiary alicyclic amines) is 1. The van der Waals surface area contributed by atoms with Gasteiger partial charge in [-0.25, -0.2) is 4.39 Å². The number of ether oxygens (including phenoxy) is 1. The second kappa shape index (κ2) is 8.74. The van der Waals surface area contributed by atoms with Crippen LogP contribution in [-0.2, 0) is 16.0 Å². The lowest BCUT2D eigenvalue weighted by atomic mass is 10.00. The standard InChI is InChI=1S/C19H28FN3O2/c20-18-4-2-1-3-15(18)13-16(21)14-19(24)23-7-5-17(6-8-23)22-9-11-25-12-10-22/h1-4,16-17H,5-14,21H2/t16-/m1/s1. The van der Waals surface area contributed by atoms with E-state index < -0.39 is 0 Å². The second-order valence-corrected chi connectivity index (χ2v) is 7.02. The molecule has 2 fully saturated rings. The molecule has 3 rings (SSSR count). The van der Waals surface area contributed by atoms with Crippen molar-refractivity contribution in [3.05, 3.63) is 35.6 Å². The summed E-state index contributed by atoms with van der Waals surface area (Å²) >= 11 is 0. The van der Waals surface area contributed by atoms with Gasteiger partial charge in [0.1, 0.15) is 5.82 Å². The van der Waals surface area contributed by atoms with E-state index in [0.29, 0.717) is 18.0 Å². The monoisotopic (exact) mass is 349 g/mol. The topological polar surface area (TPSA) is 58.8 Å². The number of rotatable bonds is 5. The minimum absolute atomic E-state index is 0.0873. The Labute approximate surface area is 148 Å². The third kappa shape index (κ3) is 5.00. The maximum absolute atomic E-state index is 13.7. The molecule has 0 unspecified atom stereocenters. The lowest BCUT2D eigenvalue weighted by Crippen LogP contribution is -2.50. The van der Waals surface area contributed by atoms with Crippen molar-refractivity contribution in [2.45, 2.75) is 37.8 Å². The molecule has 1 atom stereocenters. The molecule has 0 radical (unpaired) electrons. The van der Waals surface area contributed by atoms with Gasteiger partial charge in [0.15, 0.2) is 0 Å². The minimum atomic E-state index is -0.346. The summed E-state index contributed by atoms with van der Waals surface area (Å²) in [4.78, 5) is 16.9. The number of hydrogen-bond donors (Lipinski definition) is 1. The predicted molar refractivity (Wildman–Crippen MR) is 94.7 cm³/mol.